The number of rotatable bonds is 9. The van der Waals surface area contributed by atoms with Gasteiger partial charge in [-0.2, -0.15) is 0 Å². The minimum atomic E-state index is -3.48. The minimum absolute atomic E-state index is 0.0524. The first-order valence-electron chi connectivity index (χ1n) is 9.12. The number of carbonyl (C=O) groups is 2. The Morgan fingerprint density at radius 3 is 2.33 bits per heavy atom. The van der Waals surface area contributed by atoms with Crippen LogP contribution in [-0.2, 0) is 19.6 Å². The molecule has 148 valence electrons. The lowest BCUT2D eigenvalue weighted by molar-refractivity contribution is -0.127. The Morgan fingerprint density at radius 1 is 1.15 bits per heavy atom. The van der Waals surface area contributed by atoms with Gasteiger partial charge in [-0.05, 0) is 56.9 Å². The Bertz CT molecular complexity index is 799. The van der Waals surface area contributed by atoms with Crippen molar-refractivity contribution in [1.82, 2.24) is 15.4 Å². The van der Waals surface area contributed by atoms with E-state index in [1.54, 1.807) is 25.1 Å². The first-order valence-corrected chi connectivity index (χ1v) is 10.6. The molecule has 1 fully saturated rings. The molecule has 7 nitrogen and oxygen atoms in total. The predicted octanol–water partition coefficient (Wildman–Crippen LogP) is 1.56. The summed E-state index contributed by atoms with van der Waals surface area (Å²) in [5.74, 6) is -0.627. The zero-order valence-electron chi connectivity index (χ0n) is 15.9. The highest BCUT2D eigenvalue weighted by atomic mass is 32.2. The number of hydrogen-bond donors (Lipinski definition) is 3. The van der Waals surface area contributed by atoms with Crippen LogP contribution >= 0.6 is 0 Å². The van der Waals surface area contributed by atoms with Crippen LogP contribution in [0.4, 0.5) is 0 Å². The van der Waals surface area contributed by atoms with Gasteiger partial charge in [0.25, 0.3) is 0 Å². The highest BCUT2D eigenvalue weighted by Crippen LogP contribution is 2.22. The first kappa shape index (κ1) is 21.1. The Labute approximate surface area is 160 Å². The molecule has 8 heteroatoms. The van der Waals surface area contributed by atoms with Crippen LogP contribution in [0.2, 0.25) is 0 Å². The maximum Gasteiger partial charge on any atom is 0.244 e. The number of benzene rings is 1. The molecule has 0 aromatic heterocycles. The molecule has 1 aromatic rings. The Hall–Kier alpha value is -2.19. The molecule has 0 heterocycles. The minimum Gasteiger partial charge on any atom is -0.352 e. The van der Waals surface area contributed by atoms with Crippen molar-refractivity contribution in [1.29, 1.82) is 0 Å². The molecular formula is C19H27N3O4S. The van der Waals surface area contributed by atoms with Crippen molar-refractivity contribution in [3.63, 3.8) is 0 Å². The van der Waals surface area contributed by atoms with Crippen molar-refractivity contribution >= 4 is 27.9 Å². The van der Waals surface area contributed by atoms with E-state index < -0.39 is 22.0 Å². The second-order valence-electron chi connectivity index (χ2n) is 6.85. The molecule has 1 saturated carbocycles. The van der Waals surface area contributed by atoms with Crippen molar-refractivity contribution in [2.24, 2.45) is 0 Å². The summed E-state index contributed by atoms with van der Waals surface area (Å²) in [7, 11) is -3.48. The lowest BCUT2D eigenvalue weighted by Gasteiger charge is -2.16. The zero-order chi connectivity index (χ0) is 20.0. The van der Waals surface area contributed by atoms with Gasteiger partial charge in [0.15, 0.2) is 0 Å². The molecule has 0 bridgehead atoms. The monoisotopic (exact) mass is 393 g/mol. The molecule has 2 amide bonds. The molecule has 1 aliphatic rings. The third-order valence-corrected chi connectivity index (χ3v) is 5.81. The summed E-state index contributed by atoms with van der Waals surface area (Å²) in [6.07, 6.45) is 5.46. The van der Waals surface area contributed by atoms with Gasteiger partial charge in [0.2, 0.25) is 21.8 Å². The SMILES string of the molecule is CCC(C)NC(=O)C(C)NC(=O)/C=C/c1ccc(S(=O)(=O)NC2CC2)cc1. The summed E-state index contributed by atoms with van der Waals surface area (Å²) in [4.78, 5) is 24.1. The smallest absolute Gasteiger partial charge is 0.244 e. The highest BCUT2D eigenvalue weighted by Gasteiger charge is 2.27. The van der Waals surface area contributed by atoms with E-state index in [0.29, 0.717) is 5.56 Å². The summed E-state index contributed by atoms with van der Waals surface area (Å²) in [6, 6.07) is 5.73. The number of amides is 2. The van der Waals surface area contributed by atoms with Crippen molar-refractivity contribution in [3.05, 3.63) is 35.9 Å². The molecule has 2 atom stereocenters. The molecular weight excluding hydrogens is 366 g/mol. The van der Waals surface area contributed by atoms with Crippen LogP contribution in [0.1, 0.15) is 45.6 Å². The van der Waals surface area contributed by atoms with Crippen LogP contribution in [0.5, 0.6) is 0 Å². The normalized spacial score (nSPS) is 16.7. The van der Waals surface area contributed by atoms with Gasteiger partial charge >= 0.3 is 0 Å². The molecule has 2 unspecified atom stereocenters. The van der Waals surface area contributed by atoms with E-state index in [1.165, 1.54) is 18.2 Å². The van der Waals surface area contributed by atoms with Crippen LogP contribution in [0.3, 0.4) is 0 Å². The molecule has 3 N–H and O–H groups in total. The second kappa shape index (κ2) is 9.14. The average Bonchev–Trinajstić information content (AvgIpc) is 3.43. The first-order chi connectivity index (χ1) is 12.7. The molecule has 0 spiro atoms. The van der Waals surface area contributed by atoms with Gasteiger partial charge in [-0.25, -0.2) is 13.1 Å². The highest BCUT2D eigenvalue weighted by molar-refractivity contribution is 7.89. The maximum atomic E-state index is 12.1. The van der Waals surface area contributed by atoms with Gasteiger partial charge < -0.3 is 10.6 Å². The molecule has 0 aliphatic heterocycles. The number of carbonyl (C=O) groups excluding carboxylic acids is 2. The van der Waals surface area contributed by atoms with Gasteiger partial charge in [0.05, 0.1) is 4.90 Å². The zero-order valence-corrected chi connectivity index (χ0v) is 16.7. The second-order valence-corrected chi connectivity index (χ2v) is 8.56. The van der Waals surface area contributed by atoms with Gasteiger partial charge in [-0.3, -0.25) is 9.59 Å². The van der Waals surface area contributed by atoms with Crippen LogP contribution in [0, 0.1) is 0 Å². The van der Waals surface area contributed by atoms with Gasteiger partial charge in [-0.1, -0.05) is 19.1 Å². The lowest BCUT2D eigenvalue weighted by atomic mass is 10.2. The predicted molar refractivity (Wildman–Crippen MR) is 104 cm³/mol. The fraction of sp³-hybridized carbons (Fsp3) is 0.474. The average molecular weight is 394 g/mol. The third kappa shape index (κ3) is 6.80. The van der Waals surface area contributed by atoms with Gasteiger partial charge in [0, 0.05) is 18.2 Å². The Kier molecular flexibility index (Phi) is 7.15. The summed E-state index contributed by atoms with van der Waals surface area (Å²) >= 11 is 0. The van der Waals surface area contributed by atoms with E-state index in [4.69, 9.17) is 0 Å². The van der Waals surface area contributed by atoms with E-state index in [2.05, 4.69) is 15.4 Å². The maximum absolute atomic E-state index is 12.1. The summed E-state index contributed by atoms with van der Waals surface area (Å²) in [6.45, 7) is 5.49. The molecule has 1 aromatic carbocycles. The largest absolute Gasteiger partial charge is 0.352 e. The van der Waals surface area contributed by atoms with Gasteiger partial charge in [0.1, 0.15) is 6.04 Å². The van der Waals surface area contributed by atoms with Crippen LogP contribution in [0.15, 0.2) is 35.2 Å². The van der Waals surface area contributed by atoms with E-state index in [9.17, 15) is 18.0 Å². The third-order valence-electron chi connectivity index (χ3n) is 4.27. The quantitative estimate of drug-likeness (QED) is 0.554. The van der Waals surface area contributed by atoms with Crippen molar-refractivity contribution in [3.8, 4) is 0 Å². The molecule has 27 heavy (non-hydrogen) atoms. The fourth-order valence-corrected chi connectivity index (χ4v) is 3.52. The van der Waals surface area contributed by atoms with E-state index in [-0.39, 0.29) is 22.9 Å². The molecule has 0 saturated heterocycles. The van der Waals surface area contributed by atoms with E-state index in [0.717, 1.165) is 19.3 Å². The number of sulfonamides is 1. The van der Waals surface area contributed by atoms with Crippen molar-refractivity contribution < 1.29 is 18.0 Å². The Morgan fingerprint density at radius 2 is 1.78 bits per heavy atom. The molecule has 2 rings (SSSR count). The molecule has 1 aliphatic carbocycles. The van der Waals surface area contributed by atoms with Crippen LogP contribution in [0.25, 0.3) is 6.08 Å². The number of hydrogen-bond acceptors (Lipinski definition) is 4. The molecule has 0 radical (unpaired) electrons. The fourth-order valence-electron chi connectivity index (χ4n) is 2.22. The topological polar surface area (TPSA) is 104 Å². The lowest BCUT2D eigenvalue weighted by Crippen LogP contribution is -2.46. The summed E-state index contributed by atoms with van der Waals surface area (Å²) in [5, 5.41) is 5.41. The number of nitrogens with one attached hydrogen (secondary N) is 3. The van der Waals surface area contributed by atoms with Crippen LogP contribution in [-0.4, -0.2) is 38.4 Å². The van der Waals surface area contributed by atoms with Crippen molar-refractivity contribution in [2.45, 2.75) is 63.1 Å². The van der Waals surface area contributed by atoms with Gasteiger partial charge in [-0.15, -0.1) is 0 Å². The standard InChI is InChI=1S/C19H27N3O4S/c1-4-13(2)20-19(24)14(3)21-18(23)12-7-15-5-10-17(11-6-15)27(25,26)22-16-8-9-16/h5-7,10-14,16,22H,4,8-9H2,1-3H3,(H,20,24)(H,21,23)/b12-7+. The Balaban J connectivity index is 1.89. The summed E-state index contributed by atoms with van der Waals surface area (Å²) < 4.78 is 26.8. The van der Waals surface area contributed by atoms with E-state index in [1.807, 2.05) is 13.8 Å². The summed E-state index contributed by atoms with van der Waals surface area (Å²) in [5.41, 5.74) is 0.687. The van der Waals surface area contributed by atoms with Crippen LogP contribution < -0.4 is 15.4 Å². The van der Waals surface area contributed by atoms with E-state index >= 15 is 0 Å². The van der Waals surface area contributed by atoms with Crippen molar-refractivity contribution in [2.75, 3.05) is 0 Å².